The van der Waals surface area contributed by atoms with Crippen molar-refractivity contribution in [2.24, 2.45) is 5.92 Å². The van der Waals surface area contributed by atoms with Crippen LogP contribution < -0.4 is 4.90 Å². The van der Waals surface area contributed by atoms with Crippen molar-refractivity contribution in [2.75, 3.05) is 11.4 Å². The summed E-state index contributed by atoms with van der Waals surface area (Å²) in [6, 6.07) is 10.5. The molecule has 90 valence electrons. The molecule has 0 saturated heterocycles. The summed E-state index contributed by atoms with van der Waals surface area (Å²) >= 11 is 0. The summed E-state index contributed by atoms with van der Waals surface area (Å²) in [6.45, 7) is 6.33. The van der Waals surface area contributed by atoms with Crippen molar-refractivity contribution in [3.63, 3.8) is 0 Å². The van der Waals surface area contributed by atoms with Gasteiger partial charge in [-0.05, 0) is 18.1 Å². The first-order valence-electron chi connectivity index (χ1n) is 6.04. The number of rotatable bonds is 5. The third-order valence-electron chi connectivity index (χ3n) is 2.60. The van der Waals surface area contributed by atoms with Gasteiger partial charge in [0.25, 0.3) is 0 Å². The normalized spacial score (nSPS) is 10.8. The number of aromatic nitrogens is 2. The number of para-hydroxylation sites is 1. The summed E-state index contributed by atoms with van der Waals surface area (Å²) in [5.41, 5.74) is 1.25. The molecule has 0 fully saturated rings. The van der Waals surface area contributed by atoms with Gasteiger partial charge in [-0.15, -0.1) is 0 Å². The molecule has 1 heterocycles. The molecular weight excluding hydrogens is 210 g/mol. The molecule has 0 aliphatic rings. The highest BCUT2D eigenvalue weighted by molar-refractivity contribution is 5.46. The van der Waals surface area contributed by atoms with Crippen LogP contribution in [0.1, 0.15) is 19.7 Å². The van der Waals surface area contributed by atoms with E-state index in [0.29, 0.717) is 5.92 Å². The number of hydrogen-bond acceptors (Lipinski definition) is 2. The summed E-state index contributed by atoms with van der Waals surface area (Å²) in [4.78, 5) is 9.80. The van der Waals surface area contributed by atoms with E-state index in [0.717, 1.165) is 18.9 Å². The van der Waals surface area contributed by atoms with E-state index in [2.05, 4.69) is 53.0 Å². The second-order valence-corrected chi connectivity index (χ2v) is 4.65. The molecule has 17 heavy (non-hydrogen) atoms. The Morgan fingerprint density at radius 1 is 1.24 bits per heavy atom. The summed E-state index contributed by atoms with van der Waals surface area (Å²) in [5, 5.41) is 0. The van der Waals surface area contributed by atoms with Gasteiger partial charge in [0.2, 0.25) is 0 Å². The van der Waals surface area contributed by atoms with Gasteiger partial charge < -0.3 is 9.88 Å². The molecule has 0 unspecified atom stereocenters. The topological polar surface area (TPSA) is 31.9 Å². The van der Waals surface area contributed by atoms with Crippen LogP contribution >= 0.6 is 0 Å². The van der Waals surface area contributed by atoms with Gasteiger partial charge in [-0.1, -0.05) is 32.0 Å². The number of anilines is 1. The van der Waals surface area contributed by atoms with Gasteiger partial charge in [-0.25, -0.2) is 4.98 Å². The Balaban J connectivity index is 2.14. The van der Waals surface area contributed by atoms with E-state index in [-0.39, 0.29) is 0 Å². The first-order chi connectivity index (χ1) is 8.25. The third kappa shape index (κ3) is 3.34. The fourth-order valence-corrected chi connectivity index (χ4v) is 1.91. The number of H-pyrrole nitrogens is 1. The quantitative estimate of drug-likeness (QED) is 0.854. The van der Waals surface area contributed by atoms with Crippen molar-refractivity contribution in [1.29, 1.82) is 0 Å². The van der Waals surface area contributed by atoms with E-state index in [9.17, 15) is 0 Å². The molecular formula is C14H19N3. The maximum Gasteiger partial charge on any atom is 0.125 e. The lowest BCUT2D eigenvalue weighted by Crippen LogP contribution is -2.27. The highest BCUT2D eigenvalue weighted by Crippen LogP contribution is 2.17. The molecule has 1 aromatic heterocycles. The number of nitrogens with zero attached hydrogens (tertiary/aromatic N) is 2. The highest BCUT2D eigenvalue weighted by Gasteiger charge is 2.09. The molecule has 2 rings (SSSR count). The molecule has 0 aliphatic heterocycles. The molecule has 0 bridgehead atoms. The molecule has 1 aromatic carbocycles. The molecule has 0 saturated carbocycles. The van der Waals surface area contributed by atoms with Gasteiger partial charge in [-0.3, -0.25) is 0 Å². The van der Waals surface area contributed by atoms with Crippen molar-refractivity contribution in [3.05, 3.63) is 48.5 Å². The van der Waals surface area contributed by atoms with Crippen LogP contribution in [0, 0.1) is 5.92 Å². The SMILES string of the molecule is CC(C)CN(Cc1ncc[nH]1)c1ccccc1. The molecule has 3 heteroatoms. The zero-order valence-corrected chi connectivity index (χ0v) is 10.4. The van der Waals surface area contributed by atoms with Crippen molar-refractivity contribution in [1.82, 2.24) is 9.97 Å². The molecule has 0 amide bonds. The van der Waals surface area contributed by atoms with E-state index in [4.69, 9.17) is 0 Å². The molecule has 0 radical (unpaired) electrons. The lowest BCUT2D eigenvalue weighted by atomic mass is 10.2. The number of nitrogens with one attached hydrogen (secondary N) is 1. The Kier molecular flexibility index (Phi) is 3.81. The minimum Gasteiger partial charge on any atom is -0.364 e. The predicted octanol–water partition coefficient (Wildman–Crippen LogP) is 3.07. The van der Waals surface area contributed by atoms with E-state index in [1.165, 1.54) is 5.69 Å². The van der Waals surface area contributed by atoms with E-state index in [1.807, 2.05) is 12.3 Å². The second-order valence-electron chi connectivity index (χ2n) is 4.65. The van der Waals surface area contributed by atoms with Crippen molar-refractivity contribution in [2.45, 2.75) is 20.4 Å². The Bertz CT molecular complexity index is 420. The van der Waals surface area contributed by atoms with Gasteiger partial charge in [0, 0.05) is 24.6 Å². The second kappa shape index (κ2) is 5.53. The standard InChI is InChI=1S/C14H19N3/c1-12(2)10-17(11-14-15-8-9-16-14)13-6-4-3-5-7-13/h3-9,12H,10-11H2,1-2H3,(H,15,16). The van der Waals surface area contributed by atoms with Crippen LogP contribution in [0.25, 0.3) is 0 Å². The summed E-state index contributed by atoms with van der Waals surface area (Å²) in [7, 11) is 0. The number of benzene rings is 1. The van der Waals surface area contributed by atoms with Crippen LogP contribution in [0.3, 0.4) is 0 Å². The number of imidazole rings is 1. The summed E-state index contributed by atoms with van der Waals surface area (Å²) < 4.78 is 0. The molecule has 2 aromatic rings. The molecule has 3 nitrogen and oxygen atoms in total. The van der Waals surface area contributed by atoms with Crippen LogP contribution in [-0.4, -0.2) is 16.5 Å². The van der Waals surface area contributed by atoms with Gasteiger partial charge in [0.15, 0.2) is 0 Å². The Morgan fingerprint density at radius 2 is 2.00 bits per heavy atom. The van der Waals surface area contributed by atoms with E-state index < -0.39 is 0 Å². The Labute approximate surface area is 103 Å². The van der Waals surface area contributed by atoms with Gasteiger partial charge in [0.05, 0.1) is 6.54 Å². The molecule has 1 N–H and O–H groups in total. The third-order valence-corrected chi connectivity index (χ3v) is 2.60. The van der Waals surface area contributed by atoms with Crippen molar-refractivity contribution >= 4 is 5.69 Å². The Hall–Kier alpha value is -1.77. The summed E-state index contributed by atoms with van der Waals surface area (Å²) in [5.74, 6) is 1.64. The smallest absolute Gasteiger partial charge is 0.125 e. The minimum absolute atomic E-state index is 0.630. The highest BCUT2D eigenvalue weighted by atomic mass is 15.2. The molecule has 0 spiro atoms. The van der Waals surface area contributed by atoms with Gasteiger partial charge in [-0.2, -0.15) is 0 Å². The maximum atomic E-state index is 4.29. The van der Waals surface area contributed by atoms with Crippen molar-refractivity contribution < 1.29 is 0 Å². The zero-order chi connectivity index (χ0) is 12.1. The lowest BCUT2D eigenvalue weighted by molar-refractivity contribution is 0.602. The summed E-state index contributed by atoms with van der Waals surface area (Å²) in [6.07, 6.45) is 3.67. The van der Waals surface area contributed by atoms with E-state index in [1.54, 1.807) is 6.20 Å². The van der Waals surface area contributed by atoms with Gasteiger partial charge in [0.1, 0.15) is 5.82 Å². The monoisotopic (exact) mass is 229 g/mol. The first-order valence-corrected chi connectivity index (χ1v) is 6.04. The fraction of sp³-hybridized carbons (Fsp3) is 0.357. The van der Waals surface area contributed by atoms with Crippen LogP contribution in [0.15, 0.2) is 42.7 Å². The van der Waals surface area contributed by atoms with Crippen LogP contribution in [0.5, 0.6) is 0 Å². The lowest BCUT2D eigenvalue weighted by Gasteiger charge is -2.25. The minimum atomic E-state index is 0.630. The number of aromatic amines is 1. The zero-order valence-electron chi connectivity index (χ0n) is 10.4. The van der Waals surface area contributed by atoms with Crippen LogP contribution in [0.2, 0.25) is 0 Å². The molecule has 0 aliphatic carbocycles. The molecule has 0 atom stereocenters. The van der Waals surface area contributed by atoms with Gasteiger partial charge >= 0.3 is 0 Å². The Morgan fingerprint density at radius 3 is 2.59 bits per heavy atom. The number of hydrogen-bond donors (Lipinski definition) is 1. The fourth-order valence-electron chi connectivity index (χ4n) is 1.91. The predicted molar refractivity (Wildman–Crippen MR) is 70.9 cm³/mol. The average Bonchev–Trinajstić information content (AvgIpc) is 2.82. The maximum absolute atomic E-state index is 4.29. The van der Waals surface area contributed by atoms with Crippen molar-refractivity contribution in [3.8, 4) is 0 Å². The van der Waals surface area contributed by atoms with Crippen LogP contribution in [-0.2, 0) is 6.54 Å². The van der Waals surface area contributed by atoms with Crippen LogP contribution in [0.4, 0.5) is 5.69 Å². The largest absolute Gasteiger partial charge is 0.364 e. The first kappa shape index (κ1) is 11.7. The van der Waals surface area contributed by atoms with E-state index >= 15 is 0 Å². The average molecular weight is 229 g/mol.